The van der Waals surface area contributed by atoms with Crippen LogP contribution in [0.4, 0.5) is 0 Å². The fourth-order valence-electron chi connectivity index (χ4n) is 2.59. The Hall–Kier alpha value is -0.820. The van der Waals surface area contributed by atoms with Gasteiger partial charge in [0.2, 0.25) is 10.0 Å². The van der Waals surface area contributed by atoms with Crippen molar-refractivity contribution in [2.45, 2.75) is 37.2 Å². The van der Waals surface area contributed by atoms with Gasteiger partial charge in [-0.05, 0) is 31.9 Å². The van der Waals surface area contributed by atoms with Gasteiger partial charge in [-0.3, -0.25) is 0 Å². The zero-order chi connectivity index (χ0) is 14.9. The number of ether oxygens (including phenoxy) is 1. The number of rotatable bonds is 4. The molecule has 1 aromatic carbocycles. The van der Waals surface area contributed by atoms with Crippen molar-refractivity contribution < 1.29 is 13.2 Å². The lowest BCUT2D eigenvalue weighted by atomic mass is 10.2. The van der Waals surface area contributed by atoms with Gasteiger partial charge in [-0.2, -0.15) is 4.31 Å². The van der Waals surface area contributed by atoms with Gasteiger partial charge in [0.25, 0.3) is 0 Å². The molecule has 1 aromatic rings. The molecule has 1 aliphatic heterocycles. The number of hydrogen-bond donors (Lipinski definition) is 1. The third-order valence-corrected chi connectivity index (χ3v) is 5.84. The maximum absolute atomic E-state index is 12.8. The molecule has 1 heterocycles. The smallest absolute Gasteiger partial charge is 0.247 e. The lowest BCUT2D eigenvalue weighted by Gasteiger charge is -2.23. The van der Waals surface area contributed by atoms with Gasteiger partial charge in [0.1, 0.15) is 10.6 Å². The molecular formula is C13H19ClN2O3S. The largest absolute Gasteiger partial charge is 0.495 e. The second-order valence-corrected chi connectivity index (χ2v) is 7.20. The molecule has 2 rings (SSSR count). The molecule has 0 bridgehead atoms. The summed E-state index contributed by atoms with van der Waals surface area (Å²) < 4.78 is 32.3. The first-order valence-electron chi connectivity index (χ1n) is 6.50. The van der Waals surface area contributed by atoms with Crippen LogP contribution in [0.3, 0.4) is 0 Å². The van der Waals surface area contributed by atoms with Crippen LogP contribution in [0.25, 0.3) is 0 Å². The molecule has 2 N–H and O–H groups in total. The van der Waals surface area contributed by atoms with E-state index >= 15 is 0 Å². The molecule has 0 amide bonds. The summed E-state index contributed by atoms with van der Waals surface area (Å²) in [6, 6.07) is 3.05. The quantitative estimate of drug-likeness (QED) is 0.921. The number of halogens is 1. The van der Waals surface area contributed by atoms with Gasteiger partial charge in [-0.25, -0.2) is 8.42 Å². The predicted octanol–water partition coefficient (Wildman–Crippen LogP) is 1.98. The van der Waals surface area contributed by atoms with Gasteiger partial charge >= 0.3 is 0 Å². The van der Waals surface area contributed by atoms with Gasteiger partial charge in [0.05, 0.1) is 7.11 Å². The molecule has 5 nitrogen and oxygen atoms in total. The summed E-state index contributed by atoms with van der Waals surface area (Å²) in [6.45, 7) is 2.60. The van der Waals surface area contributed by atoms with Crippen LogP contribution in [0.15, 0.2) is 17.0 Å². The molecule has 1 atom stereocenters. The van der Waals surface area contributed by atoms with E-state index < -0.39 is 10.0 Å². The Labute approximate surface area is 124 Å². The summed E-state index contributed by atoms with van der Waals surface area (Å²) >= 11 is 6.01. The molecular weight excluding hydrogens is 300 g/mol. The first-order chi connectivity index (χ1) is 9.41. The van der Waals surface area contributed by atoms with Crippen molar-refractivity contribution in [2.75, 3.05) is 13.7 Å². The highest BCUT2D eigenvalue weighted by Gasteiger charge is 2.35. The molecule has 20 heavy (non-hydrogen) atoms. The highest BCUT2D eigenvalue weighted by Crippen LogP contribution is 2.35. The van der Waals surface area contributed by atoms with Crippen LogP contribution >= 0.6 is 11.6 Å². The monoisotopic (exact) mass is 318 g/mol. The second kappa shape index (κ2) is 5.89. The molecule has 0 aliphatic carbocycles. The topological polar surface area (TPSA) is 72.6 Å². The molecule has 1 fully saturated rings. The van der Waals surface area contributed by atoms with Crippen molar-refractivity contribution in [3.63, 3.8) is 0 Å². The molecule has 0 spiro atoms. The van der Waals surface area contributed by atoms with Gasteiger partial charge in [0.15, 0.2) is 0 Å². The van der Waals surface area contributed by atoms with Crippen molar-refractivity contribution >= 4 is 21.6 Å². The Kier molecular flexibility index (Phi) is 4.59. The maximum atomic E-state index is 12.8. The summed E-state index contributed by atoms with van der Waals surface area (Å²) in [7, 11) is -2.18. The number of nitrogens with zero attached hydrogens (tertiary/aromatic N) is 1. The Morgan fingerprint density at radius 2 is 2.20 bits per heavy atom. The van der Waals surface area contributed by atoms with Crippen LogP contribution in [-0.4, -0.2) is 32.4 Å². The van der Waals surface area contributed by atoms with Crippen LogP contribution in [0.5, 0.6) is 5.75 Å². The standard InChI is InChI=1S/C13H19ClN2O3S/c1-9-4-3-5-16(9)20(17,18)12-7-11(14)6-10(8-15)13(12)19-2/h6-7,9H,3-5,8,15H2,1-2H3. The number of hydrogen-bond acceptors (Lipinski definition) is 4. The Morgan fingerprint density at radius 3 is 2.70 bits per heavy atom. The van der Waals surface area contributed by atoms with E-state index in [-0.39, 0.29) is 23.2 Å². The molecule has 0 saturated carbocycles. The lowest BCUT2D eigenvalue weighted by Crippen LogP contribution is -2.34. The zero-order valence-corrected chi connectivity index (χ0v) is 13.2. The minimum atomic E-state index is -3.62. The number of sulfonamides is 1. The maximum Gasteiger partial charge on any atom is 0.247 e. The predicted molar refractivity (Wildman–Crippen MR) is 78.5 cm³/mol. The highest BCUT2D eigenvalue weighted by molar-refractivity contribution is 7.89. The Balaban J connectivity index is 2.59. The fourth-order valence-corrected chi connectivity index (χ4v) is 4.82. The van der Waals surface area contributed by atoms with Crippen LogP contribution in [0.2, 0.25) is 5.02 Å². The summed E-state index contributed by atoms with van der Waals surface area (Å²) in [5.74, 6) is 0.288. The molecule has 0 aromatic heterocycles. The van der Waals surface area contributed by atoms with E-state index in [0.717, 1.165) is 12.8 Å². The van der Waals surface area contributed by atoms with Gasteiger partial charge < -0.3 is 10.5 Å². The van der Waals surface area contributed by atoms with E-state index in [0.29, 0.717) is 17.1 Å². The normalized spacial score (nSPS) is 20.3. The van der Waals surface area contributed by atoms with Crippen molar-refractivity contribution in [3.8, 4) is 5.75 Å². The summed E-state index contributed by atoms with van der Waals surface area (Å²) in [6.07, 6.45) is 1.74. The van der Waals surface area contributed by atoms with E-state index in [1.807, 2.05) is 6.92 Å². The lowest BCUT2D eigenvalue weighted by molar-refractivity contribution is 0.383. The molecule has 1 unspecified atom stereocenters. The molecule has 7 heteroatoms. The van der Waals surface area contributed by atoms with Crippen LogP contribution < -0.4 is 10.5 Å². The molecule has 1 saturated heterocycles. The van der Waals surface area contributed by atoms with E-state index in [9.17, 15) is 8.42 Å². The third-order valence-electron chi connectivity index (χ3n) is 3.60. The van der Waals surface area contributed by atoms with Crippen molar-refractivity contribution in [1.29, 1.82) is 0 Å². The van der Waals surface area contributed by atoms with Gasteiger partial charge in [-0.15, -0.1) is 0 Å². The van der Waals surface area contributed by atoms with Crippen molar-refractivity contribution in [1.82, 2.24) is 4.31 Å². The van der Waals surface area contributed by atoms with E-state index in [1.54, 1.807) is 6.07 Å². The summed E-state index contributed by atoms with van der Waals surface area (Å²) in [4.78, 5) is 0.0988. The van der Waals surface area contributed by atoms with E-state index in [2.05, 4.69) is 0 Å². The van der Waals surface area contributed by atoms with Crippen molar-refractivity contribution in [2.24, 2.45) is 5.73 Å². The molecule has 112 valence electrons. The minimum Gasteiger partial charge on any atom is -0.495 e. The van der Waals surface area contributed by atoms with E-state index in [1.165, 1.54) is 17.5 Å². The van der Waals surface area contributed by atoms with Crippen molar-refractivity contribution in [3.05, 3.63) is 22.7 Å². The number of methoxy groups -OCH3 is 1. The average Bonchev–Trinajstić information content (AvgIpc) is 2.84. The minimum absolute atomic E-state index is 0.00925. The van der Waals surface area contributed by atoms with E-state index in [4.69, 9.17) is 22.1 Å². The van der Waals surface area contributed by atoms with Gasteiger partial charge in [0, 0.05) is 29.7 Å². The molecule has 0 radical (unpaired) electrons. The Morgan fingerprint density at radius 1 is 1.50 bits per heavy atom. The van der Waals surface area contributed by atoms with Gasteiger partial charge in [-0.1, -0.05) is 11.6 Å². The summed E-state index contributed by atoms with van der Waals surface area (Å²) in [5.41, 5.74) is 6.23. The first-order valence-corrected chi connectivity index (χ1v) is 8.32. The summed E-state index contributed by atoms with van der Waals surface area (Å²) in [5, 5.41) is 0.344. The van der Waals surface area contributed by atoms with Crippen LogP contribution in [0, 0.1) is 0 Å². The average molecular weight is 319 g/mol. The fraction of sp³-hybridized carbons (Fsp3) is 0.538. The first kappa shape index (κ1) is 15.6. The number of nitrogens with two attached hydrogens (primary N) is 1. The van der Waals surface area contributed by atoms with Crippen LogP contribution in [-0.2, 0) is 16.6 Å². The third kappa shape index (κ3) is 2.65. The number of benzene rings is 1. The second-order valence-electron chi connectivity index (χ2n) is 4.91. The Bertz CT molecular complexity index is 604. The zero-order valence-electron chi connectivity index (χ0n) is 11.6. The van der Waals surface area contributed by atoms with Crippen LogP contribution in [0.1, 0.15) is 25.3 Å². The SMILES string of the molecule is COc1c(CN)cc(Cl)cc1S(=O)(=O)N1CCCC1C. The molecule has 1 aliphatic rings. The highest BCUT2D eigenvalue weighted by atomic mass is 35.5.